The normalized spacial score (nSPS) is 14.6. The summed E-state index contributed by atoms with van der Waals surface area (Å²) in [6.45, 7) is 3.74. The van der Waals surface area contributed by atoms with Gasteiger partial charge in [-0.2, -0.15) is 0 Å². The molecule has 0 unspecified atom stereocenters. The van der Waals surface area contributed by atoms with Crippen molar-refractivity contribution in [3.63, 3.8) is 0 Å². The average molecular weight is 410 g/mol. The Bertz CT molecular complexity index is 1100. The van der Waals surface area contributed by atoms with E-state index in [0.29, 0.717) is 40.5 Å². The monoisotopic (exact) mass is 410 g/mol. The molecule has 3 heterocycles. The molecule has 2 aromatic heterocycles. The van der Waals surface area contributed by atoms with E-state index in [0.717, 1.165) is 26.1 Å². The summed E-state index contributed by atoms with van der Waals surface area (Å²) in [5.74, 6) is 0.210. The molecule has 0 saturated carbocycles. The molecule has 1 aliphatic rings. The van der Waals surface area contributed by atoms with Crippen molar-refractivity contribution >= 4 is 5.91 Å². The smallest absolute Gasteiger partial charge is 0.280 e. The molecule has 8 heteroatoms. The lowest BCUT2D eigenvalue weighted by Crippen LogP contribution is -2.32. The van der Waals surface area contributed by atoms with Crippen molar-refractivity contribution in [2.75, 3.05) is 19.8 Å². The van der Waals surface area contributed by atoms with Crippen LogP contribution in [0.2, 0.25) is 0 Å². The molecule has 0 aliphatic carbocycles. The van der Waals surface area contributed by atoms with E-state index in [1.54, 1.807) is 31.2 Å². The van der Waals surface area contributed by atoms with Crippen LogP contribution in [0.1, 0.15) is 28.8 Å². The Kier molecular flexibility index (Phi) is 5.76. The molecule has 0 radical (unpaired) electrons. The number of rotatable bonds is 5. The number of nitrogens with zero attached hydrogens (tertiary/aromatic N) is 2. The second-order valence-electron chi connectivity index (χ2n) is 7.46. The number of nitrogens with one attached hydrogen (secondary N) is 2. The first-order chi connectivity index (χ1) is 14.5. The van der Waals surface area contributed by atoms with Crippen molar-refractivity contribution in [1.82, 2.24) is 20.1 Å². The molecule has 0 bridgehead atoms. The van der Waals surface area contributed by atoms with Crippen LogP contribution in [0.3, 0.4) is 0 Å². The molecule has 0 spiro atoms. The fraction of sp³-hybridized carbons (Fsp3) is 0.318. The lowest BCUT2D eigenvalue weighted by molar-refractivity contribution is 0.0642. The third-order valence-electron chi connectivity index (χ3n) is 5.39. The maximum Gasteiger partial charge on any atom is 0.280 e. The number of amides is 1. The first-order valence-electron chi connectivity index (χ1n) is 9.92. The van der Waals surface area contributed by atoms with Gasteiger partial charge in [0.05, 0.1) is 11.1 Å². The van der Waals surface area contributed by atoms with Crippen molar-refractivity contribution in [2.45, 2.75) is 19.8 Å². The molecule has 1 saturated heterocycles. The van der Waals surface area contributed by atoms with Crippen LogP contribution >= 0.6 is 0 Å². The van der Waals surface area contributed by atoms with Crippen LogP contribution in [0.25, 0.3) is 16.9 Å². The number of hydrogen-bond acceptors (Lipinski definition) is 4. The largest absolute Gasteiger partial charge is 0.381 e. The fourth-order valence-electron chi connectivity index (χ4n) is 3.45. The van der Waals surface area contributed by atoms with Gasteiger partial charge in [0, 0.05) is 32.2 Å². The highest BCUT2D eigenvalue weighted by atomic mass is 19.1. The van der Waals surface area contributed by atoms with Gasteiger partial charge in [0.15, 0.2) is 5.82 Å². The highest BCUT2D eigenvalue weighted by Gasteiger charge is 2.16. The number of halogens is 1. The van der Waals surface area contributed by atoms with E-state index in [2.05, 4.69) is 15.4 Å². The minimum Gasteiger partial charge on any atom is -0.381 e. The van der Waals surface area contributed by atoms with Gasteiger partial charge in [-0.3, -0.25) is 14.7 Å². The second-order valence-corrected chi connectivity index (χ2v) is 7.46. The van der Waals surface area contributed by atoms with Gasteiger partial charge in [0.2, 0.25) is 0 Å². The van der Waals surface area contributed by atoms with Gasteiger partial charge >= 0.3 is 0 Å². The predicted octanol–water partition coefficient (Wildman–Crippen LogP) is 2.83. The van der Waals surface area contributed by atoms with Gasteiger partial charge in [-0.25, -0.2) is 14.1 Å². The summed E-state index contributed by atoms with van der Waals surface area (Å²) in [7, 11) is 0. The first kappa shape index (κ1) is 20.0. The standard InChI is InChI=1S/C22H23FN4O3/c1-14-2-3-16(10-19(14)23)18-13-26-27(22(18)29)20-5-4-17(12-24-20)21(28)25-11-15-6-8-30-9-7-15/h2-5,10,12-13,15,26H,6-9,11H2,1H3,(H,25,28). The van der Waals surface area contributed by atoms with Crippen molar-refractivity contribution < 1.29 is 13.9 Å². The van der Waals surface area contributed by atoms with Crippen molar-refractivity contribution in [3.05, 3.63) is 70.0 Å². The van der Waals surface area contributed by atoms with E-state index in [9.17, 15) is 14.0 Å². The number of benzene rings is 1. The van der Waals surface area contributed by atoms with Crippen LogP contribution < -0.4 is 10.9 Å². The molecule has 3 aromatic rings. The van der Waals surface area contributed by atoms with Crippen molar-refractivity contribution in [2.24, 2.45) is 5.92 Å². The van der Waals surface area contributed by atoms with E-state index in [4.69, 9.17) is 4.74 Å². The predicted molar refractivity (Wildman–Crippen MR) is 110 cm³/mol. The number of carbonyl (C=O) groups is 1. The molecule has 1 aliphatic heterocycles. The molecule has 4 rings (SSSR count). The van der Waals surface area contributed by atoms with Gasteiger partial charge in [0.1, 0.15) is 5.82 Å². The SMILES string of the molecule is Cc1ccc(-c2c[nH]n(-c3ccc(C(=O)NCC4CCOCC4)cn3)c2=O)cc1F. The van der Waals surface area contributed by atoms with E-state index in [1.165, 1.54) is 23.1 Å². The Balaban J connectivity index is 1.47. The third kappa shape index (κ3) is 4.18. The number of H-pyrrole nitrogens is 1. The summed E-state index contributed by atoms with van der Waals surface area (Å²) in [6, 6.07) is 7.89. The molecular formula is C22H23FN4O3. The number of aromatic amines is 1. The minimum absolute atomic E-state index is 0.199. The van der Waals surface area contributed by atoms with Crippen LogP contribution in [0.4, 0.5) is 4.39 Å². The van der Waals surface area contributed by atoms with Gasteiger partial charge < -0.3 is 10.1 Å². The van der Waals surface area contributed by atoms with Gasteiger partial charge in [-0.05, 0) is 55.0 Å². The molecule has 7 nitrogen and oxygen atoms in total. The summed E-state index contributed by atoms with van der Waals surface area (Å²) in [6.07, 6.45) is 4.84. The van der Waals surface area contributed by atoms with Crippen molar-refractivity contribution in [1.29, 1.82) is 0 Å². The van der Waals surface area contributed by atoms with Crippen LogP contribution in [0.15, 0.2) is 47.5 Å². The molecular weight excluding hydrogens is 387 g/mol. The Labute approximate surface area is 172 Å². The lowest BCUT2D eigenvalue weighted by atomic mass is 10.0. The van der Waals surface area contributed by atoms with Crippen molar-refractivity contribution in [3.8, 4) is 16.9 Å². The zero-order valence-electron chi connectivity index (χ0n) is 16.7. The van der Waals surface area contributed by atoms with Gasteiger partial charge in [-0.1, -0.05) is 12.1 Å². The fourth-order valence-corrected chi connectivity index (χ4v) is 3.45. The molecule has 1 fully saturated rings. The number of carbonyl (C=O) groups excluding carboxylic acids is 1. The number of ether oxygens (including phenoxy) is 1. The van der Waals surface area contributed by atoms with Crippen LogP contribution in [0.5, 0.6) is 0 Å². The Hall–Kier alpha value is -3.26. The summed E-state index contributed by atoms with van der Waals surface area (Å²) in [5, 5.41) is 5.77. The van der Waals surface area contributed by atoms with E-state index in [-0.39, 0.29) is 17.3 Å². The maximum absolute atomic E-state index is 13.9. The molecule has 1 aromatic carbocycles. The van der Waals surface area contributed by atoms with Crippen LogP contribution in [-0.2, 0) is 4.74 Å². The van der Waals surface area contributed by atoms with Crippen LogP contribution in [0, 0.1) is 18.7 Å². The minimum atomic E-state index is -0.367. The van der Waals surface area contributed by atoms with Gasteiger partial charge in [0.25, 0.3) is 11.5 Å². The summed E-state index contributed by atoms with van der Waals surface area (Å²) in [5.41, 5.74) is 1.42. The van der Waals surface area contributed by atoms with Gasteiger partial charge in [-0.15, -0.1) is 0 Å². The molecule has 0 atom stereocenters. The maximum atomic E-state index is 13.9. The zero-order chi connectivity index (χ0) is 21.1. The lowest BCUT2D eigenvalue weighted by Gasteiger charge is -2.22. The first-order valence-corrected chi connectivity index (χ1v) is 9.92. The number of aryl methyl sites for hydroxylation is 1. The number of pyridine rings is 1. The molecule has 2 N–H and O–H groups in total. The van der Waals surface area contributed by atoms with E-state index >= 15 is 0 Å². The third-order valence-corrected chi connectivity index (χ3v) is 5.39. The molecule has 30 heavy (non-hydrogen) atoms. The Morgan fingerprint density at radius 2 is 2.10 bits per heavy atom. The molecule has 1 amide bonds. The highest BCUT2D eigenvalue weighted by Crippen LogP contribution is 2.19. The highest BCUT2D eigenvalue weighted by molar-refractivity contribution is 5.93. The zero-order valence-corrected chi connectivity index (χ0v) is 16.7. The summed E-state index contributed by atoms with van der Waals surface area (Å²) >= 11 is 0. The second kappa shape index (κ2) is 8.62. The van der Waals surface area contributed by atoms with E-state index in [1.807, 2.05) is 0 Å². The number of hydrogen-bond donors (Lipinski definition) is 2. The quantitative estimate of drug-likeness (QED) is 0.677. The summed E-state index contributed by atoms with van der Waals surface area (Å²) < 4.78 is 20.4. The average Bonchev–Trinajstić information content (AvgIpc) is 3.16. The Morgan fingerprint density at radius 1 is 1.30 bits per heavy atom. The Morgan fingerprint density at radius 3 is 2.80 bits per heavy atom. The van der Waals surface area contributed by atoms with E-state index < -0.39 is 0 Å². The van der Waals surface area contributed by atoms with Crippen LogP contribution in [-0.4, -0.2) is 40.4 Å². The molecule has 156 valence electrons. The topological polar surface area (TPSA) is 89.0 Å². The summed E-state index contributed by atoms with van der Waals surface area (Å²) in [4.78, 5) is 29.3. The number of aromatic nitrogens is 3.